The van der Waals surface area contributed by atoms with Crippen LogP contribution in [0.4, 0.5) is 0 Å². The average molecular weight is 320 g/mol. The summed E-state index contributed by atoms with van der Waals surface area (Å²) in [6, 6.07) is 0. The van der Waals surface area contributed by atoms with Gasteiger partial charge in [-0.1, -0.05) is 19.4 Å². The lowest BCUT2D eigenvalue weighted by Crippen LogP contribution is -2.34. The fourth-order valence-corrected chi connectivity index (χ4v) is 2.11. The van der Waals surface area contributed by atoms with Gasteiger partial charge in [0.05, 0.1) is 19.4 Å². The minimum Gasteiger partial charge on any atom is -0.377 e. The van der Waals surface area contributed by atoms with Crippen LogP contribution in [-0.4, -0.2) is 55.2 Å². The van der Waals surface area contributed by atoms with Gasteiger partial charge in [-0.05, 0) is 18.4 Å². The van der Waals surface area contributed by atoms with E-state index in [2.05, 4.69) is 27.2 Å². The summed E-state index contributed by atoms with van der Waals surface area (Å²) in [7, 11) is 1.63. The summed E-state index contributed by atoms with van der Waals surface area (Å²) in [6.07, 6.45) is 6.37. The summed E-state index contributed by atoms with van der Waals surface area (Å²) in [4.78, 5) is 23.6. The molecule has 7 heteroatoms. The van der Waals surface area contributed by atoms with Gasteiger partial charge in [0.1, 0.15) is 24.0 Å². The van der Waals surface area contributed by atoms with Crippen molar-refractivity contribution >= 4 is 17.3 Å². The third kappa shape index (κ3) is 5.30. The molecule has 0 saturated carbocycles. The number of hydrogen-bond acceptors (Lipinski definition) is 5. The Morgan fingerprint density at radius 2 is 2.43 bits per heavy atom. The van der Waals surface area contributed by atoms with E-state index in [9.17, 15) is 4.79 Å². The molecule has 2 heterocycles. The first kappa shape index (κ1) is 17.4. The zero-order chi connectivity index (χ0) is 16.5. The molecule has 0 radical (unpaired) electrons. The Labute approximate surface area is 136 Å². The highest BCUT2D eigenvalue weighted by atomic mass is 16.5. The smallest absolute Gasteiger partial charge is 0.274 e. The van der Waals surface area contributed by atoms with Crippen LogP contribution in [0.25, 0.3) is 5.57 Å². The SMILES string of the molecule is CCCCOCC(=NC)NC(=O)c1cnc(C2=CCOCC2)[nH]1. The molecule has 1 amide bonds. The van der Waals surface area contributed by atoms with Crippen LogP contribution in [0, 0.1) is 0 Å². The number of carbonyl (C=O) groups is 1. The Morgan fingerprint density at radius 1 is 1.57 bits per heavy atom. The molecule has 2 rings (SSSR count). The van der Waals surface area contributed by atoms with Gasteiger partial charge in [-0.3, -0.25) is 9.79 Å². The molecule has 0 aromatic carbocycles. The molecule has 0 unspecified atom stereocenters. The highest BCUT2D eigenvalue weighted by Gasteiger charge is 2.15. The largest absolute Gasteiger partial charge is 0.377 e. The van der Waals surface area contributed by atoms with Crippen LogP contribution in [0.3, 0.4) is 0 Å². The molecule has 1 aromatic rings. The molecule has 0 saturated heterocycles. The van der Waals surface area contributed by atoms with E-state index in [1.54, 1.807) is 7.05 Å². The van der Waals surface area contributed by atoms with Gasteiger partial charge in [-0.2, -0.15) is 0 Å². The molecule has 0 aliphatic carbocycles. The Bertz CT molecular complexity index is 578. The molecular weight excluding hydrogens is 296 g/mol. The van der Waals surface area contributed by atoms with Crippen LogP contribution in [0.15, 0.2) is 17.3 Å². The summed E-state index contributed by atoms with van der Waals surface area (Å²) in [5.41, 5.74) is 1.48. The second-order valence-electron chi connectivity index (χ2n) is 5.23. The summed E-state index contributed by atoms with van der Waals surface area (Å²) in [5.74, 6) is 0.955. The second-order valence-corrected chi connectivity index (χ2v) is 5.23. The average Bonchev–Trinajstić information content (AvgIpc) is 3.08. The minimum atomic E-state index is -0.267. The maximum absolute atomic E-state index is 12.2. The molecule has 23 heavy (non-hydrogen) atoms. The quantitative estimate of drug-likeness (QED) is 0.455. The zero-order valence-corrected chi connectivity index (χ0v) is 13.7. The Kier molecular flexibility index (Phi) is 6.96. The van der Waals surface area contributed by atoms with Crippen LogP contribution >= 0.6 is 0 Å². The molecule has 2 N–H and O–H groups in total. The van der Waals surface area contributed by atoms with E-state index in [1.807, 2.05) is 6.08 Å². The fourth-order valence-electron chi connectivity index (χ4n) is 2.11. The van der Waals surface area contributed by atoms with Crippen LogP contribution in [0.1, 0.15) is 42.5 Å². The van der Waals surface area contributed by atoms with Gasteiger partial charge < -0.3 is 19.8 Å². The van der Waals surface area contributed by atoms with E-state index < -0.39 is 0 Å². The summed E-state index contributed by atoms with van der Waals surface area (Å²) < 4.78 is 10.7. The van der Waals surface area contributed by atoms with Crippen LogP contribution in [0.5, 0.6) is 0 Å². The van der Waals surface area contributed by atoms with E-state index in [0.717, 1.165) is 24.8 Å². The number of nitrogens with zero attached hydrogens (tertiary/aromatic N) is 2. The predicted molar refractivity (Wildman–Crippen MR) is 88.6 cm³/mol. The van der Waals surface area contributed by atoms with E-state index in [0.29, 0.717) is 43.8 Å². The highest BCUT2D eigenvalue weighted by Crippen LogP contribution is 2.18. The van der Waals surface area contributed by atoms with Gasteiger partial charge in [-0.25, -0.2) is 4.98 Å². The lowest BCUT2D eigenvalue weighted by Gasteiger charge is -2.11. The second kappa shape index (κ2) is 9.22. The minimum absolute atomic E-state index is 0.267. The summed E-state index contributed by atoms with van der Waals surface area (Å²) in [5, 5.41) is 2.75. The van der Waals surface area contributed by atoms with Gasteiger partial charge in [0, 0.05) is 13.7 Å². The normalized spacial score (nSPS) is 15.4. The number of hydrogen-bond donors (Lipinski definition) is 2. The number of aromatic amines is 1. The number of aliphatic imine (C=N–C) groups is 1. The third-order valence-corrected chi connectivity index (χ3v) is 3.50. The number of imidazole rings is 1. The highest BCUT2D eigenvalue weighted by molar-refractivity contribution is 6.05. The molecule has 0 bridgehead atoms. The summed E-state index contributed by atoms with van der Waals surface area (Å²) >= 11 is 0. The van der Waals surface area contributed by atoms with Crippen molar-refractivity contribution in [3.05, 3.63) is 23.8 Å². The van der Waals surface area contributed by atoms with Gasteiger partial charge in [0.15, 0.2) is 0 Å². The van der Waals surface area contributed by atoms with Crippen molar-refractivity contribution in [1.82, 2.24) is 15.3 Å². The standard InChI is InChI=1S/C16H24N4O3/c1-3-4-7-23-11-14(17-2)20-16(21)13-10-18-15(19-13)12-5-8-22-9-6-12/h5,10H,3-4,6-9,11H2,1-2H3,(H,18,19)(H,17,20,21). The van der Waals surface area contributed by atoms with E-state index in [-0.39, 0.29) is 5.91 Å². The lowest BCUT2D eigenvalue weighted by molar-refractivity contribution is 0.0966. The first-order valence-corrected chi connectivity index (χ1v) is 7.91. The number of ether oxygens (including phenoxy) is 2. The monoisotopic (exact) mass is 320 g/mol. The van der Waals surface area contributed by atoms with Crippen molar-refractivity contribution in [2.75, 3.05) is 33.5 Å². The third-order valence-electron chi connectivity index (χ3n) is 3.50. The molecule has 0 atom stereocenters. The molecular formula is C16H24N4O3. The van der Waals surface area contributed by atoms with Crippen molar-refractivity contribution in [3.63, 3.8) is 0 Å². The lowest BCUT2D eigenvalue weighted by atomic mass is 10.1. The molecule has 126 valence electrons. The van der Waals surface area contributed by atoms with Crippen molar-refractivity contribution in [3.8, 4) is 0 Å². The van der Waals surface area contributed by atoms with Crippen molar-refractivity contribution in [2.24, 2.45) is 4.99 Å². The number of rotatable bonds is 7. The van der Waals surface area contributed by atoms with Crippen molar-refractivity contribution < 1.29 is 14.3 Å². The van der Waals surface area contributed by atoms with E-state index in [1.165, 1.54) is 6.20 Å². The number of carbonyl (C=O) groups excluding carboxylic acids is 1. The molecule has 1 aromatic heterocycles. The molecule has 1 aliphatic heterocycles. The Morgan fingerprint density at radius 3 is 3.13 bits per heavy atom. The van der Waals surface area contributed by atoms with E-state index in [4.69, 9.17) is 9.47 Å². The van der Waals surface area contributed by atoms with Gasteiger partial charge in [0.2, 0.25) is 0 Å². The molecule has 0 spiro atoms. The molecule has 1 aliphatic rings. The topological polar surface area (TPSA) is 88.6 Å². The first-order chi connectivity index (χ1) is 11.2. The van der Waals surface area contributed by atoms with E-state index >= 15 is 0 Å². The van der Waals surface area contributed by atoms with Gasteiger partial charge in [-0.15, -0.1) is 0 Å². The van der Waals surface area contributed by atoms with Crippen LogP contribution < -0.4 is 5.32 Å². The van der Waals surface area contributed by atoms with Gasteiger partial charge in [0.25, 0.3) is 5.91 Å². The Balaban J connectivity index is 1.89. The van der Waals surface area contributed by atoms with Gasteiger partial charge >= 0.3 is 0 Å². The van der Waals surface area contributed by atoms with Crippen molar-refractivity contribution in [2.45, 2.75) is 26.2 Å². The number of amidine groups is 1. The predicted octanol–water partition coefficient (Wildman–Crippen LogP) is 1.79. The number of aromatic nitrogens is 2. The Hall–Kier alpha value is -1.99. The first-order valence-electron chi connectivity index (χ1n) is 7.91. The maximum Gasteiger partial charge on any atom is 0.274 e. The van der Waals surface area contributed by atoms with Crippen LogP contribution in [0.2, 0.25) is 0 Å². The number of nitrogens with one attached hydrogen (secondary N) is 2. The summed E-state index contributed by atoms with van der Waals surface area (Å²) in [6.45, 7) is 4.32. The fraction of sp³-hybridized carbons (Fsp3) is 0.562. The maximum atomic E-state index is 12.2. The molecule has 0 fully saturated rings. The number of H-pyrrole nitrogens is 1. The molecule has 7 nitrogen and oxygen atoms in total. The number of unbranched alkanes of at least 4 members (excludes halogenated alkanes) is 1. The zero-order valence-electron chi connectivity index (χ0n) is 13.7. The number of amides is 1. The van der Waals surface area contributed by atoms with Crippen LogP contribution in [-0.2, 0) is 9.47 Å². The van der Waals surface area contributed by atoms with Crippen molar-refractivity contribution in [1.29, 1.82) is 0 Å².